The number of aromatic nitrogens is 2. The van der Waals surface area contributed by atoms with Crippen LogP contribution < -0.4 is 5.32 Å². The van der Waals surface area contributed by atoms with Crippen molar-refractivity contribution in [3.05, 3.63) is 36.5 Å². The lowest BCUT2D eigenvalue weighted by atomic mass is 10.1. The fraction of sp³-hybridized carbons (Fsp3) is 0.400. The Morgan fingerprint density at radius 3 is 2.67 bits per heavy atom. The van der Waals surface area contributed by atoms with Gasteiger partial charge in [0.05, 0.1) is 5.69 Å². The maximum Gasteiger partial charge on any atom is 0.0650 e. The lowest BCUT2D eigenvalue weighted by molar-refractivity contribution is 0.642. The average Bonchev–Trinajstić information content (AvgIpc) is 3.01. The van der Waals surface area contributed by atoms with E-state index in [1.165, 1.54) is 30.5 Å². The highest BCUT2D eigenvalue weighted by molar-refractivity contribution is 5.62. The first-order valence-electron chi connectivity index (χ1n) is 6.67. The number of benzene rings is 1. The van der Waals surface area contributed by atoms with Gasteiger partial charge in [-0.2, -0.15) is 5.10 Å². The molecule has 18 heavy (non-hydrogen) atoms. The quantitative estimate of drug-likeness (QED) is 0.838. The molecule has 2 N–H and O–H groups in total. The van der Waals surface area contributed by atoms with Crippen LogP contribution in [0.4, 0.5) is 5.69 Å². The third kappa shape index (κ3) is 2.73. The summed E-state index contributed by atoms with van der Waals surface area (Å²) in [6.07, 6.45) is 5.91. The van der Waals surface area contributed by atoms with Crippen molar-refractivity contribution in [3.8, 4) is 11.3 Å². The normalized spacial score (nSPS) is 16.5. The van der Waals surface area contributed by atoms with Gasteiger partial charge in [0.25, 0.3) is 0 Å². The van der Waals surface area contributed by atoms with E-state index < -0.39 is 0 Å². The highest BCUT2D eigenvalue weighted by atomic mass is 15.1. The van der Waals surface area contributed by atoms with Crippen molar-refractivity contribution in [2.24, 2.45) is 5.92 Å². The Morgan fingerprint density at radius 2 is 2.06 bits per heavy atom. The molecule has 0 spiro atoms. The molecule has 0 radical (unpaired) electrons. The third-order valence-electron chi connectivity index (χ3n) is 3.49. The zero-order valence-corrected chi connectivity index (χ0v) is 10.7. The number of rotatable bonds is 5. The Balaban J connectivity index is 1.63. The van der Waals surface area contributed by atoms with Crippen LogP contribution >= 0.6 is 0 Å². The van der Waals surface area contributed by atoms with Gasteiger partial charge in [-0.25, -0.2) is 0 Å². The van der Waals surface area contributed by atoms with Gasteiger partial charge >= 0.3 is 0 Å². The molecular formula is C15H19N3. The van der Waals surface area contributed by atoms with E-state index in [2.05, 4.69) is 46.7 Å². The zero-order chi connectivity index (χ0) is 12.4. The van der Waals surface area contributed by atoms with Gasteiger partial charge in [-0.1, -0.05) is 25.0 Å². The van der Waals surface area contributed by atoms with E-state index in [0.29, 0.717) is 6.04 Å². The molecule has 1 aliphatic carbocycles. The maximum absolute atomic E-state index is 3.97. The molecular weight excluding hydrogens is 222 g/mol. The molecule has 1 aliphatic rings. The Morgan fingerprint density at radius 1 is 1.28 bits per heavy atom. The Labute approximate surface area is 108 Å². The van der Waals surface area contributed by atoms with Gasteiger partial charge in [0.1, 0.15) is 0 Å². The molecule has 1 unspecified atom stereocenters. The molecule has 1 aromatic carbocycles. The highest BCUT2D eigenvalue weighted by Gasteiger charge is 2.23. The van der Waals surface area contributed by atoms with Gasteiger partial charge in [-0.05, 0) is 43.0 Å². The number of nitrogens with zero attached hydrogens (tertiary/aromatic N) is 1. The molecule has 0 amide bonds. The van der Waals surface area contributed by atoms with Crippen LogP contribution in [0.1, 0.15) is 26.2 Å². The summed E-state index contributed by atoms with van der Waals surface area (Å²) in [6, 6.07) is 11.1. The zero-order valence-electron chi connectivity index (χ0n) is 10.7. The van der Waals surface area contributed by atoms with Crippen molar-refractivity contribution in [1.82, 2.24) is 10.2 Å². The van der Waals surface area contributed by atoms with Crippen molar-refractivity contribution in [2.45, 2.75) is 32.2 Å². The van der Waals surface area contributed by atoms with E-state index in [-0.39, 0.29) is 0 Å². The van der Waals surface area contributed by atoms with E-state index in [1.807, 2.05) is 6.07 Å². The predicted octanol–water partition coefficient (Wildman–Crippen LogP) is 3.68. The second kappa shape index (κ2) is 4.84. The fourth-order valence-electron chi connectivity index (χ4n) is 2.36. The first kappa shape index (κ1) is 11.3. The van der Waals surface area contributed by atoms with E-state index >= 15 is 0 Å². The Kier molecular flexibility index (Phi) is 3.05. The predicted molar refractivity (Wildman–Crippen MR) is 74.4 cm³/mol. The molecule has 1 heterocycles. The minimum Gasteiger partial charge on any atom is -0.383 e. The summed E-state index contributed by atoms with van der Waals surface area (Å²) in [7, 11) is 0. The minimum absolute atomic E-state index is 0.565. The second-order valence-electron chi connectivity index (χ2n) is 5.27. The van der Waals surface area contributed by atoms with Crippen LogP contribution in [0, 0.1) is 5.92 Å². The molecule has 3 nitrogen and oxygen atoms in total. The first-order valence-corrected chi connectivity index (χ1v) is 6.67. The van der Waals surface area contributed by atoms with E-state index in [0.717, 1.165) is 11.6 Å². The van der Waals surface area contributed by atoms with Gasteiger partial charge in [0.2, 0.25) is 0 Å². The van der Waals surface area contributed by atoms with Crippen molar-refractivity contribution in [2.75, 3.05) is 5.32 Å². The standard InChI is InChI=1S/C15H19N3/c1-11(10-12-2-3-12)17-14-6-4-13(5-7-14)15-8-9-16-18-15/h4-9,11-12,17H,2-3,10H2,1H3,(H,16,18). The Bertz CT molecular complexity index is 483. The largest absolute Gasteiger partial charge is 0.383 e. The van der Waals surface area contributed by atoms with Gasteiger partial charge in [-0.3, -0.25) is 5.10 Å². The minimum atomic E-state index is 0.565. The lowest BCUT2D eigenvalue weighted by Crippen LogP contribution is -2.15. The van der Waals surface area contributed by atoms with E-state index in [4.69, 9.17) is 0 Å². The molecule has 1 aromatic heterocycles. The maximum atomic E-state index is 3.97. The van der Waals surface area contributed by atoms with Gasteiger partial charge in [0, 0.05) is 17.9 Å². The van der Waals surface area contributed by atoms with Crippen LogP contribution in [0.3, 0.4) is 0 Å². The molecule has 0 bridgehead atoms. The number of H-pyrrole nitrogens is 1. The summed E-state index contributed by atoms with van der Waals surface area (Å²) in [4.78, 5) is 0. The van der Waals surface area contributed by atoms with Crippen LogP contribution in [0.15, 0.2) is 36.5 Å². The van der Waals surface area contributed by atoms with E-state index in [9.17, 15) is 0 Å². The fourth-order valence-corrected chi connectivity index (χ4v) is 2.36. The summed E-state index contributed by atoms with van der Waals surface area (Å²) < 4.78 is 0. The average molecular weight is 241 g/mol. The van der Waals surface area contributed by atoms with Crippen molar-refractivity contribution < 1.29 is 0 Å². The summed E-state index contributed by atoms with van der Waals surface area (Å²) in [5.41, 5.74) is 3.44. The third-order valence-corrected chi connectivity index (χ3v) is 3.49. The number of nitrogens with one attached hydrogen (secondary N) is 2. The number of hydrogen-bond acceptors (Lipinski definition) is 2. The molecule has 0 aliphatic heterocycles. The van der Waals surface area contributed by atoms with Crippen LogP contribution in [-0.2, 0) is 0 Å². The molecule has 94 valence electrons. The topological polar surface area (TPSA) is 40.7 Å². The molecule has 3 rings (SSSR count). The van der Waals surface area contributed by atoms with Crippen molar-refractivity contribution in [1.29, 1.82) is 0 Å². The number of hydrogen-bond donors (Lipinski definition) is 2. The van der Waals surface area contributed by atoms with E-state index in [1.54, 1.807) is 6.20 Å². The summed E-state index contributed by atoms with van der Waals surface area (Å²) >= 11 is 0. The molecule has 3 heteroatoms. The molecule has 0 saturated heterocycles. The number of anilines is 1. The van der Waals surface area contributed by atoms with Gasteiger partial charge < -0.3 is 5.32 Å². The molecule has 2 aromatic rings. The second-order valence-corrected chi connectivity index (χ2v) is 5.27. The van der Waals surface area contributed by atoms with Gasteiger partial charge in [0.15, 0.2) is 0 Å². The SMILES string of the molecule is CC(CC1CC1)Nc1ccc(-c2ccn[nH]2)cc1. The Hall–Kier alpha value is -1.77. The summed E-state index contributed by atoms with van der Waals surface area (Å²) in [6.45, 7) is 2.27. The molecule has 1 atom stereocenters. The lowest BCUT2D eigenvalue weighted by Gasteiger charge is -2.15. The molecule has 1 fully saturated rings. The summed E-state index contributed by atoms with van der Waals surface area (Å²) in [5, 5.41) is 10.5. The van der Waals surface area contributed by atoms with Crippen molar-refractivity contribution in [3.63, 3.8) is 0 Å². The highest BCUT2D eigenvalue weighted by Crippen LogP contribution is 2.34. The van der Waals surface area contributed by atoms with Crippen LogP contribution in [0.25, 0.3) is 11.3 Å². The van der Waals surface area contributed by atoms with Crippen LogP contribution in [0.2, 0.25) is 0 Å². The summed E-state index contributed by atoms with van der Waals surface area (Å²) in [5.74, 6) is 0.969. The van der Waals surface area contributed by atoms with Crippen LogP contribution in [0.5, 0.6) is 0 Å². The smallest absolute Gasteiger partial charge is 0.0650 e. The molecule has 1 saturated carbocycles. The van der Waals surface area contributed by atoms with Crippen molar-refractivity contribution >= 4 is 5.69 Å². The van der Waals surface area contributed by atoms with Crippen LogP contribution in [-0.4, -0.2) is 16.2 Å². The van der Waals surface area contributed by atoms with Gasteiger partial charge in [-0.15, -0.1) is 0 Å². The first-order chi connectivity index (χ1) is 8.81. The number of aromatic amines is 1. The monoisotopic (exact) mass is 241 g/mol.